The van der Waals surface area contributed by atoms with Crippen LogP contribution in [0.3, 0.4) is 0 Å². The maximum atomic E-state index is 13.0. The van der Waals surface area contributed by atoms with Gasteiger partial charge in [0.25, 0.3) is 5.91 Å². The van der Waals surface area contributed by atoms with E-state index in [0.717, 1.165) is 27.6 Å². The molecular weight excluding hydrogens is 450 g/mol. The highest BCUT2D eigenvalue weighted by molar-refractivity contribution is 7.98. The van der Waals surface area contributed by atoms with Gasteiger partial charge in [-0.1, -0.05) is 30.3 Å². The van der Waals surface area contributed by atoms with Gasteiger partial charge in [0, 0.05) is 11.4 Å². The van der Waals surface area contributed by atoms with E-state index < -0.39 is 0 Å². The van der Waals surface area contributed by atoms with Gasteiger partial charge in [-0.05, 0) is 64.9 Å². The summed E-state index contributed by atoms with van der Waals surface area (Å²) in [6, 6.07) is 22.9. The number of tetrazole rings is 1. The van der Waals surface area contributed by atoms with Gasteiger partial charge in [-0.25, -0.2) is 0 Å². The molecule has 0 spiro atoms. The van der Waals surface area contributed by atoms with Gasteiger partial charge in [0.15, 0.2) is 5.82 Å². The summed E-state index contributed by atoms with van der Waals surface area (Å²) in [5.74, 6) is 2.61. The Bertz CT molecular complexity index is 1250. The van der Waals surface area contributed by atoms with Crippen molar-refractivity contribution in [3.63, 3.8) is 0 Å². The van der Waals surface area contributed by atoms with Crippen LogP contribution in [0.4, 0.5) is 0 Å². The van der Waals surface area contributed by atoms with Crippen molar-refractivity contribution in [2.24, 2.45) is 0 Å². The Labute approximate surface area is 202 Å². The van der Waals surface area contributed by atoms with E-state index in [-0.39, 0.29) is 5.91 Å². The SMILES string of the molecule is COc1ccc(OC)c(CCNC(=O)c2ccccc2SCc2nnnn2-c2ccccc2)c1. The van der Waals surface area contributed by atoms with Crippen LogP contribution in [0, 0.1) is 0 Å². The van der Waals surface area contributed by atoms with Crippen LogP contribution in [0.15, 0.2) is 77.7 Å². The van der Waals surface area contributed by atoms with Gasteiger partial charge >= 0.3 is 0 Å². The molecule has 0 saturated heterocycles. The summed E-state index contributed by atoms with van der Waals surface area (Å²) in [5, 5.41) is 15.1. The van der Waals surface area contributed by atoms with E-state index in [1.165, 1.54) is 11.8 Å². The number of aromatic nitrogens is 4. The van der Waals surface area contributed by atoms with Crippen LogP contribution in [-0.2, 0) is 12.2 Å². The van der Waals surface area contributed by atoms with Crippen molar-refractivity contribution in [2.45, 2.75) is 17.1 Å². The molecular formula is C25H25N5O3S. The second-order valence-electron chi connectivity index (χ2n) is 7.31. The summed E-state index contributed by atoms with van der Waals surface area (Å²) >= 11 is 1.52. The molecule has 9 heteroatoms. The molecule has 3 aromatic carbocycles. The Balaban J connectivity index is 1.40. The molecule has 4 aromatic rings. The average Bonchev–Trinajstić information content (AvgIpc) is 3.36. The molecule has 0 aliphatic rings. The van der Waals surface area contributed by atoms with Crippen molar-refractivity contribution in [2.75, 3.05) is 20.8 Å². The quantitative estimate of drug-likeness (QED) is 0.347. The highest BCUT2D eigenvalue weighted by Crippen LogP contribution is 2.27. The van der Waals surface area contributed by atoms with E-state index in [0.29, 0.717) is 30.1 Å². The van der Waals surface area contributed by atoms with Gasteiger partial charge in [0.05, 0.1) is 31.2 Å². The normalized spacial score (nSPS) is 10.6. The summed E-state index contributed by atoms with van der Waals surface area (Å²) in [6.07, 6.45) is 0.618. The molecule has 34 heavy (non-hydrogen) atoms. The topological polar surface area (TPSA) is 91.2 Å². The molecule has 0 saturated carbocycles. The summed E-state index contributed by atoms with van der Waals surface area (Å²) in [4.78, 5) is 13.8. The fraction of sp³-hybridized carbons (Fsp3) is 0.200. The Hall–Kier alpha value is -3.85. The van der Waals surface area contributed by atoms with E-state index in [1.807, 2.05) is 72.8 Å². The largest absolute Gasteiger partial charge is 0.497 e. The zero-order valence-corrected chi connectivity index (χ0v) is 19.8. The maximum absolute atomic E-state index is 13.0. The number of carbonyl (C=O) groups is 1. The number of ether oxygens (including phenoxy) is 2. The smallest absolute Gasteiger partial charge is 0.252 e. The number of thioether (sulfide) groups is 1. The van der Waals surface area contributed by atoms with E-state index in [1.54, 1.807) is 18.9 Å². The highest BCUT2D eigenvalue weighted by atomic mass is 32.2. The van der Waals surface area contributed by atoms with Crippen LogP contribution in [0.1, 0.15) is 21.7 Å². The molecule has 0 radical (unpaired) electrons. The van der Waals surface area contributed by atoms with Crippen molar-refractivity contribution in [1.82, 2.24) is 25.5 Å². The summed E-state index contributed by atoms with van der Waals surface area (Å²) in [5.41, 5.74) is 2.48. The molecule has 0 bridgehead atoms. The Morgan fingerprint density at radius 1 is 1.00 bits per heavy atom. The minimum Gasteiger partial charge on any atom is -0.497 e. The molecule has 8 nitrogen and oxygen atoms in total. The first kappa shape index (κ1) is 23.3. The lowest BCUT2D eigenvalue weighted by Gasteiger charge is -2.12. The van der Waals surface area contributed by atoms with Gasteiger partial charge in [-0.2, -0.15) is 4.68 Å². The fourth-order valence-corrected chi connectivity index (χ4v) is 4.43. The zero-order valence-electron chi connectivity index (χ0n) is 19.0. The predicted octanol–water partition coefficient (Wildman–Crippen LogP) is 3.94. The van der Waals surface area contributed by atoms with Crippen molar-refractivity contribution < 1.29 is 14.3 Å². The lowest BCUT2D eigenvalue weighted by Crippen LogP contribution is -2.26. The molecule has 174 valence electrons. The second kappa shape index (κ2) is 11.3. The highest BCUT2D eigenvalue weighted by Gasteiger charge is 2.14. The van der Waals surface area contributed by atoms with Gasteiger partial charge < -0.3 is 14.8 Å². The van der Waals surface area contributed by atoms with Gasteiger partial charge in [-0.15, -0.1) is 16.9 Å². The number of carbonyl (C=O) groups excluding carboxylic acids is 1. The number of hydrogen-bond donors (Lipinski definition) is 1. The number of hydrogen-bond acceptors (Lipinski definition) is 7. The number of methoxy groups -OCH3 is 2. The van der Waals surface area contributed by atoms with Crippen molar-refractivity contribution in [3.05, 3.63) is 89.7 Å². The average molecular weight is 476 g/mol. The Kier molecular flexibility index (Phi) is 7.77. The Morgan fingerprint density at radius 3 is 2.59 bits per heavy atom. The molecule has 0 unspecified atom stereocenters. The third-order valence-corrected chi connectivity index (χ3v) is 6.26. The minimum atomic E-state index is -0.132. The van der Waals surface area contributed by atoms with E-state index in [9.17, 15) is 4.79 Å². The number of nitrogens with zero attached hydrogens (tertiary/aromatic N) is 4. The first-order chi connectivity index (χ1) is 16.7. The van der Waals surface area contributed by atoms with E-state index in [2.05, 4.69) is 20.8 Å². The Morgan fingerprint density at radius 2 is 1.79 bits per heavy atom. The van der Waals surface area contributed by atoms with Crippen molar-refractivity contribution in [1.29, 1.82) is 0 Å². The van der Waals surface area contributed by atoms with E-state index in [4.69, 9.17) is 9.47 Å². The third kappa shape index (κ3) is 5.55. The summed E-state index contributed by atoms with van der Waals surface area (Å²) in [7, 11) is 3.26. The predicted molar refractivity (Wildman–Crippen MR) is 131 cm³/mol. The zero-order chi connectivity index (χ0) is 23.8. The maximum Gasteiger partial charge on any atom is 0.252 e. The number of rotatable bonds is 10. The van der Waals surface area contributed by atoms with Gasteiger partial charge in [0.1, 0.15) is 11.5 Å². The molecule has 1 amide bonds. The molecule has 0 aliphatic carbocycles. The minimum absolute atomic E-state index is 0.132. The van der Waals surface area contributed by atoms with Crippen LogP contribution in [0.5, 0.6) is 11.5 Å². The van der Waals surface area contributed by atoms with Crippen LogP contribution in [0.25, 0.3) is 5.69 Å². The summed E-state index contributed by atoms with van der Waals surface area (Å²) < 4.78 is 12.4. The standard InChI is InChI=1S/C25H25N5O3S/c1-32-20-12-13-22(33-2)18(16-20)14-15-26-25(31)21-10-6-7-11-23(21)34-17-24-27-28-29-30(24)19-8-4-3-5-9-19/h3-13,16H,14-15,17H2,1-2H3,(H,26,31). The molecule has 0 fully saturated rings. The monoisotopic (exact) mass is 475 g/mol. The van der Waals surface area contributed by atoms with Crippen LogP contribution < -0.4 is 14.8 Å². The van der Waals surface area contributed by atoms with Crippen molar-refractivity contribution >= 4 is 17.7 Å². The van der Waals surface area contributed by atoms with E-state index >= 15 is 0 Å². The first-order valence-corrected chi connectivity index (χ1v) is 11.7. The third-order valence-electron chi connectivity index (χ3n) is 5.19. The van der Waals surface area contributed by atoms with Crippen LogP contribution in [-0.4, -0.2) is 46.9 Å². The van der Waals surface area contributed by atoms with Crippen LogP contribution in [0.2, 0.25) is 0 Å². The molecule has 0 atom stereocenters. The molecule has 1 N–H and O–H groups in total. The molecule has 1 aromatic heterocycles. The fourth-order valence-electron chi connectivity index (χ4n) is 3.47. The number of nitrogens with one attached hydrogen (secondary N) is 1. The number of para-hydroxylation sites is 1. The lowest BCUT2D eigenvalue weighted by atomic mass is 10.1. The molecule has 4 rings (SSSR count). The summed E-state index contributed by atoms with van der Waals surface area (Å²) in [6.45, 7) is 0.466. The molecule has 0 aliphatic heterocycles. The number of benzene rings is 3. The first-order valence-electron chi connectivity index (χ1n) is 10.7. The van der Waals surface area contributed by atoms with Crippen LogP contribution >= 0.6 is 11.8 Å². The second-order valence-corrected chi connectivity index (χ2v) is 8.33. The van der Waals surface area contributed by atoms with Gasteiger partial charge in [0.2, 0.25) is 0 Å². The van der Waals surface area contributed by atoms with Crippen molar-refractivity contribution in [3.8, 4) is 17.2 Å². The van der Waals surface area contributed by atoms with Gasteiger partial charge in [-0.3, -0.25) is 4.79 Å². The molecule has 1 heterocycles. The lowest BCUT2D eigenvalue weighted by molar-refractivity contribution is 0.0951. The number of amides is 1.